The molecule has 1 spiro atoms. The van der Waals surface area contributed by atoms with Crippen LogP contribution in [0.4, 0.5) is 0 Å². The van der Waals surface area contributed by atoms with Crippen molar-refractivity contribution in [2.75, 3.05) is 26.2 Å². The number of nitrogens with one attached hydrogen (secondary N) is 4. The van der Waals surface area contributed by atoms with Crippen LogP contribution < -0.4 is 31.8 Å². The summed E-state index contributed by atoms with van der Waals surface area (Å²) in [5.41, 5.74) is 10.4. The summed E-state index contributed by atoms with van der Waals surface area (Å²) >= 11 is 0. The molecule has 2 bridgehead atoms. The van der Waals surface area contributed by atoms with Gasteiger partial charge in [-0.1, -0.05) is 54.6 Å². The number of aromatic hydroxyl groups is 2. The van der Waals surface area contributed by atoms with E-state index in [1.54, 1.807) is 18.2 Å². The third-order valence-corrected chi connectivity index (χ3v) is 11.6. The predicted octanol–water partition coefficient (Wildman–Crippen LogP) is 0.440. The first-order valence-corrected chi connectivity index (χ1v) is 18.8. The van der Waals surface area contributed by atoms with Crippen LogP contribution in [0.1, 0.15) is 41.5 Å². The number of benzene rings is 3. The molecule has 4 amide bonds. The quantitative estimate of drug-likeness (QED) is 0.0835. The Bertz CT molecular complexity index is 2040. The summed E-state index contributed by atoms with van der Waals surface area (Å²) in [6, 6.07) is 16.7. The molecular weight excluding hydrogens is 718 g/mol. The number of aliphatic hydroxyl groups is 1. The number of carbonyl (C=O) groups is 4. The lowest BCUT2D eigenvalue weighted by Gasteiger charge is -2.62. The van der Waals surface area contributed by atoms with E-state index in [4.69, 9.17) is 10.5 Å². The zero-order valence-electron chi connectivity index (χ0n) is 30.9. The molecule has 2 fully saturated rings. The standard InChI is InChI=1S/C41H47N7O8/c1-2-17-48-18-16-40-35-26-10-13-31(50)36(35)56-37(40)29(14-15-41(40,55)32(48)21-26)46-47-39(54)30(20-24-6-4-3-5-7-24)45-34(52)23-43-33(51)22-44-38(53)28(42)19-25-8-11-27(49)12-9-25/h2-13,28,30,32,37,49-50,55H,1,14-23,42H2,(H,43,51)(H,44,53)(H,45,52)(H,47,54)/b46-29-/t28-,30-,32+,37-,40-,41+/m0/s1. The summed E-state index contributed by atoms with van der Waals surface area (Å²) in [5.74, 6) is -2.02. The number of amides is 4. The van der Waals surface area contributed by atoms with Crippen molar-refractivity contribution in [3.63, 3.8) is 0 Å². The zero-order chi connectivity index (χ0) is 39.6. The van der Waals surface area contributed by atoms with E-state index in [-0.39, 0.29) is 30.4 Å². The number of rotatable bonds is 14. The molecule has 3 aromatic carbocycles. The molecule has 1 saturated heterocycles. The number of phenolic OH excluding ortho intramolecular Hbond substituents is 2. The number of likely N-dealkylation sites (tertiary alicyclic amines) is 1. The van der Waals surface area contributed by atoms with Gasteiger partial charge in [0.15, 0.2) is 17.6 Å². The van der Waals surface area contributed by atoms with Gasteiger partial charge in [-0.05, 0) is 67.0 Å². The van der Waals surface area contributed by atoms with E-state index in [2.05, 4.69) is 38.0 Å². The molecule has 3 aromatic rings. The third-order valence-electron chi connectivity index (χ3n) is 11.6. The highest BCUT2D eigenvalue weighted by Gasteiger charge is 2.72. The largest absolute Gasteiger partial charge is 0.508 e. The molecule has 6 atom stereocenters. The summed E-state index contributed by atoms with van der Waals surface area (Å²) in [6.45, 7) is 4.33. The lowest BCUT2D eigenvalue weighted by Crippen LogP contribution is -2.76. The van der Waals surface area contributed by atoms with E-state index >= 15 is 0 Å². The number of nitrogens with two attached hydrogens (primary N) is 1. The van der Waals surface area contributed by atoms with Gasteiger partial charge in [0, 0.05) is 31.1 Å². The van der Waals surface area contributed by atoms with E-state index in [0.717, 1.165) is 22.3 Å². The number of carbonyl (C=O) groups excluding carboxylic acids is 4. The minimum absolute atomic E-state index is 0.0143. The fourth-order valence-electron chi connectivity index (χ4n) is 8.96. The number of piperidine rings is 1. The van der Waals surface area contributed by atoms with Crippen LogP contribution in [0.2, 0.25) is 0 Å². The lowest BCUT2D eigenvalue weighted by atomic mass is 9.49. The van der Waals surface area contributed by atoms with Crippen molar-refractivity contribution in [1.29, 1.82) is 0 Å². The van der Waals surface area contributed by atoms with Gasteiger partial charge in [-0.15, -0.1) is 6.58 Å². The third kappa shape index (κ3) is 7.20. The first-order chi connectivity index (χ1) is 26.9. The fourth-order valence-corrected chi connectivity index (χ4v) is 8.96. The number of nitrogens with zero attached hydrogens (tertiary/aromatic N) is 2. The Morgan fingerprint density at radius 1 is 0.946 bits per heavy atom. The van der Waals surface area contributed by atoms with Gasteiger partial charge < -0.3 is 41.7 Å². The average molecular weight is 766 g/mol. The van der Waals surface area contributed by atoms with E-state index in [0.29, 0.717) is 50.2 Å². The molecule has 15 nitrogen and oxygen atoms in total. The highest BCUT2D eigenvalue weighted by molar-refractivity contribution is 5.96. The van der Waals surface area contributed by atoms with E-state index in [9.17, 15) is 34.5 Å². The van der Waals surface area contributed by atoms with Crippen molar-refractivity contribution in [3.8, 4) is 17.2 Å². The smallest absolute Gasteiger partial charge is 0.262 e. The Labute approximate surface area is 324 Å². The maximum Gasteiger partial charge on any atom is 0.262 e. The van der Waals surface area contributed by atoms with Crippen molar-refractivity contribution in [1.82, 2.24) is 26.3 Å². The van der Waals surface area contributed by atoms with Crippen molar-refractivity contribution in [2.24, 2.45) is 10.8 Å². The molecule has 0 radical (unpaired) electrons. The average Bonchev–Trinajstić information content (AvgIpc) is 3.55. The SMILES string of the molecule is C=CCN1CC[C@]23c4c5ccc(O)c4O[C@H]2/C(=N\NC(=O)[C@H](Cc2ccccc2)NC(=O)CNC(=O)CNC(=O)[C@@H](N)Cc2ccc(O)cc2)CC[C@@]3(O)[C@H]1C5. The van der Waals surface area contributed by atoms with Gasteiger partial charge in [-0.2, -0.15) is 5.10 Å². The molecule has 1 saturated carbocycles. The summed E-state index contributed by atoms with van der Waals surface area (Å²) in [6.07, 6.45) is 3.25. The summed E-state index contributed by atoms with van der Waals surface area (Å²) < 4.78 is 6.49. The van der Waals surface area contributed by atoms with Crippen LogP contribution in [0.25, 0.3) is 0 Å². The zero-order valence-corrected chi connectivity index (χ0v) is 30.9. The number of hydrogen-bond acceptors (Lipinski definition) is 11. The van der Waals surface area contributed by atoms with Crippen LogP contribution in [-0.4, -0.2) is 106 Å². The second-order valence-electron chi connectivity index (χ2n) is 15.0. The van der Waals surface area contributed by atoms with E-state index in [1.807, 2.05) is 42.5 Å². The Kier molecular flexibility index (Phi) is 10.8. The molecule has 15 heteroatoms. The fraction of sp³-hybridized carbons (Fsp3) is 0.390. The van der Waals surface area contributed by atoms with Crippen LogP contribution in [-0.2, 0) is 43.9 Å². The number of hydrazone groups is 1. The van der Waals surface area contributed by atoms with Gasteiger partial charge in [0.05, 0.1) is 35.9 Å². The summed E-state index contributed by atoms with van der Waals surface area (Å²) in [4.78, 5) is 54.1. The molecular formula is C41H47N7O8. The summed E-state index contributed by atoms with van der Waals surface area (Å²) in [7, 11) is 0. The Balaban J connectivity index is 1.00. The van der Waals surface area contributed by atoms with Crippen molar-refractivity contribution < 1.29 is 39.2 Å². The van der Waals surface area contributed by atoms with Crippen LogP contribution in [0.3, 0.4) is 0 Å². The topological polar surface area (TPSA) is 228 Å². The predicted molar refractivity (Wildman–Crippen MR) is 206 cm³/mol. The Morgan fingerprint density at radius 2 is 1.68 bits per heavy atom. The molecule has 4 aliphatic rings. The number of hydrogen-bond donors (Lipinski definition) is 8. The minimum atomic E-state index is -1.18. The van der Waals surface area contributed by atoms with Crippen LogP contribution in [0, 0.1) is 0 Å². The van der Waals surface area contributed by atoms with Crippen molar-refractivity contribution in [2.45, 2.75) is 73.8 Å². The number of phenols is 2. The highest BCUT2D eigenvalue weighted by atomic mass is 16.5. The molecule has 294 valence electrons. The van der Waals surface area contributed by atoms with Gasteiger partial charge >= 0.3 is 0 Å². The van der Waals surface area contributed by atoms with E-state index < -0.39 is 65.9 Å². The maximum atomic E-state index is 13.8. The van der Waals surface area contributed by atoms with Gasteiger partial charge in [0.25, 0.3) is 5.91 Å². The Hall–Kier alpha value is -5.77. The van der Waals surface area contributed by atoms with Crippen molar-refractivity contribution >= 4 is 29.3 Å². The first kappa shape index (κ1) is 38.5. The number of ether oxygens (including phenoxy) is 1. The minimum Gasteiger partial charge on any atom is -0.508 e. The molecule has 2 heterocycles. The van der Waals surface area contributed by atoms with Gasteiger partial charge in [0.2, 0.25) is 17.7 Å². The van der Waals surface area contributed by atoms with Crippen molar-refractivity contribution in [3.05, 3.63) is 102 Å². The molecule has 9 N–H and O–H groups in total. The monoisotopic (exact) mass is 765 g/mol. The van der Waals surface area contributed by atoms with E-state index in [1.165, 1.54) is 12.1 Å². The molecule has 2 aliphatic carbocycles. The molecule has 0 unspecified atom stereocenters. The van der Waals surface area contributed by atoms with Gasteiger partial charge in [-0.3, -0.25) is 24.1 Å². The molecule has 7 rings (SSSR count). The highest BCUT2D eigenvalue weighted by Crippen LogP contribution is 2.64. The first-order valence-electron chi connectivity index (χ1n) is 18.8. The molecule has 0 aromatic heterocycles. The normalized spacial score (nSPS) is 24.9. The van der Waals surface area contributed by atoms with Gasteiger partial charge in [0.1, 0.15) is 11.8 Å². The van der Waals surface area contributed by atoms with Gasteiger partial charge in [-0.25, -0.2) is 5.43 Å². The Morgan fingerprint density at radius 3 is 2.43 bits per heavy atom. The van der Waals surface area contributed by atoms with Crippen LogP contribution >= 0.6 is 0 Å². The lowest BCUT2D eigenvalue weighted by molar-refractivity contribution is -0.163. The molecule has 2 aliphatic heterocycles. The van der Waals surface area contributed by atoms with Crippen LogP contribution in [0.15, 0.2) is 84.5 Å². The summed E-state index contributed by atoms with van der Waals surface area (Å²) in [5, 5.41) is 45.1. The maximum absolute atomic E-state index is 13.8. The second-order valence-corrected chi connectivity index (χ2v) is 15.0. The van der Waals surface area contributed by atoms with Crippen LogP contribution in [0.5, 0.6) is 17.2 Å². The second kappa shape index (κ2) is 15.8. The molecule has 56 heavy (non-hydrogen) atoms.